The highest BCUT2D eigenvalue weighted by atomic mass is 79.9. The van der Waals surface area contributed by atoms with E-state index in [4.69, 9.17) is 0 Å². The number of amides is 2. The maximum absolute atomic E-state index is 12.7. The highest BCUT2D eigenvalue weighted by Gasteiger charge is 2.47. The van der Waals surface area contributed by atoms with Gasteiger partial charge in [0.2, 0.25) is 5.91 Å². The number of rotatable bonds is 5. The van der Waals surface area contributed by atoms with Crippen molar-refractivity contribution in [3.8, 4) is 0 Å². The average molecular weight is 533 g/mol. The Morgan fingerprint density at radius 3 is 2.76 bits per heavy atom. The first kappa shape index (κ1) is 24.1. The smallest absolute Gasteiger partial charge is 0.251 e. The molecular formula is C26H38BrN5O2. The fourth-order valence-corrected chi connectivity index (χ4v) is 7.32. The predicted molar refractivity (Wildman–Crippen MR) is 138 cm³/mol. The second-order valence-corrected chi connectivity index (χ2v) is 11.4. The first-order chi connectivity index (χ1) is 16.5. The van der Waals surface area contributed by atoms with Gasteiger partial charge in [-0.1, -0.05) is 0 Å². The SMILES string of the molecule is CCNC(=O)c1ccc(N2CCN(CC3CCC4C(C3)NC(=O)C3CCCNC34)CC2)c(Br)c1. The van der Waals surface area contributed by atoms with E-state index in [0.717, 1.165) is 68.7 Å². The van der Waals surface area contributed by atoms with Crippen molar-refractivity contribution in [1.82, 2.24) is 20.9 Å². The third-order valence-corrected chi connectivity index (χ3v) is 9.06. The molecule has 0 aromatic heterocycles. The van der Waals surface area contributed by atoms with E-state index < -0.39 is 0 Å². The summed E-state index contributed by atoms with van der Waals surface area (Å²) in [7, 11) is 0. The molecule has 7 nitrogen and oxygen atoms in total. The lowest BCUT2D eigenvalue weighted by Crippen LogP contribution is -2.64. The zero-order chi connectivity index (χ0) is 23.7. The van der Waals surface area contributed by atoms with Gasteiger partial charge in [0.15, 0.2) is 0 Å². The molecule has 0 bridgehead atoms. The van der Waals surface area contributed by atoms with Gasteiger partial charge in [0, 0.05) is 61.4 Å². The normalized spacial score (nSPS) is 31.9. The molecule has 186 valence electrons. The highest BCUT2D eigenvalue weighted by Crippen LogP contribution is 2.39. The van der Waals surface area contributed by atoms with E-state index in [-0.39, 0.29) is 17.7 Å². The lowest BCUT2D eigenvalue weighted by atomic mass is 9.67. The van der Waals surface area contributed by atoms with Gasteiger partial charge in [-0.05, 0) is 91.5 Å². The summed E-state index contributed by atoms with van der Waals surface area (Å²) < 4.78 is 0.977. The van der Waals surface area contributed by atoms with Crippen molar-refractivity contribution in [2.45, 2.75) is 51.1 Å². The van der Waals surface area contributed by atoms with E-state index in [1.54, 1.807) is 0 Å². The standard InChI is InChI=1S/C26H38BrN5O2/c1-2-28-25(33)18-6-8-23(21(27)15-18)32-12-10-31(11-13-32)16-17-5-7-19-22(14-17)30-26(34)20-4-3-9-29-24(19)20/h6,8,15,17,19-20,22,24,29H,2-5,7,9-14,16H2,1H3,(H,28,33)(H,30,34). The molecule has 3 aliphatic heterocycles. The van der Waals surface area contributed by atoms with Crippen molar-refractivity contribution >= 4 is 33.4 Å². The molecule has 1 aliphatic carbocycles. The van der Waals surface area contributed by atoms with Crippen molar-refractivity contribution in [2.75, 3.05) is 50.7 Å². The summed E-state index contributed by atoms with van der Waals surface area (Å²) in [5.74, 6) is 1.72. The molecule has 34 heavy (non-hydrogen) atoms. The van der Waals surface area contributed by atoms with Gasteiger partial charge >= 0.3 is 0 Å². The molecule has 2 amide bonds. The number of halogens is 1. The zero-order valence-electron chi connectivity index (χ0n) is 20.2. The number of carbonyl (C=O) groups is 2. The number of anilines is 1. The van der Waals surface area contributed by atoms with Crippen LogP contribution in [0.15, 0.2) is 22.7 Å². The molecule has 3 N–H and O–H groups in total. The van der Waals surface area contributed by atoms with Crippen molar-refractivity contribution in [3.63, 3.8) is 0 Å². The van der Waals surface area contributed by atoms with Crippen molar-refractivity contribution in [3.05, 3.63) is 28.2 Å². The van der Waals surface area contributed by atoms with Crippen molar-refractivity contribution in [2.24, 2.45) is 17.8 Å². The zero-order valence-corrected chi connectivity index (χ0v) is 21.8. The molecular weight excluding hydrogens is 494 g/mol. The Morgan fingerprint density at radius 1 is 1.18 bits per heavy atom. The third kappa shape index (κ3) is 5.00. The molecule has 4 fully saturated rings. The summed E-state index contributed by atoms with van der Waals surface area (Å²) in [4.78, 5) is 29.8. The van der Waals surface area contributed by atoms with Gasteiger partial charge in [0.1, 0.15) is 0 Å². The number of piperazine rings is 1. The van der Waals surface area contributed by atoms with E-state index in [1.807, 2.05) is 19.1 Å². The van der Waals surface area contributed by atoms with Crippen LogP contribution in [0.1, 0.15) is 49.4 Å². The molecule has 1 saturated carbocycles. The minimum atomic E-state index is -0.0294. The molecule has 5 rings (SSSR count). The van der Waals surface area contributed by atoms with Gasteiger partial charge in [0.25, 0.3) is 5.91 Å². The molecule has 4 aliphatic rings. The molecule has 1 aromatic rings. The monoisotopic (exact) mass is 531 g/mol. The number of nitrogens with zero attached hydrogens (tertiary/aromatic N) is 2. The van der Waals surface area contributed by atoms with E-state index in [1.165, 1.54) is 12.8 Å². The topological polar surface area (TPSA) is 76.7 Å². The number of piperidine rings is 2. The van der Waals surface area contributed by atoms with Gasteiger partial charge in [-0.3, -0.25) is 14.5 Å². The Bertz CT molecular complexity index is 903. The quantitative estimate of drug-likeness (QED) is 0.544. The molecule has 3 heterocycles. The Balaban J connectivity index is 1.12. The summed E-state index contributed by atoms with van der Waals surface area (Å²) in [5, 5.41) is 9.94. The van der Waals surface area contributed by atoms with E-state index in [0.29, 0.717) is 36.0 Å². The molecule has 5 atom stereocenters. The van der Waals surface area contributed by atoms with Crippen LogP contribution in [0.4, 0.5) is 5.69 Å². The number of hydrogen-bond donors (Lipinski definition) is 3. The minimum absolute atomic E-state index is 0.0294. The minimum Gasteiger partial charge on any atom is -0.368 e. The number of nitrogens with one attached hydrogen (secondary N) is 3. The summed E-state index contributed by atoms with van der Waals surface area (Å²) in [6.45, 7) is 8.84. The maximum Gasteiger partial charge on any atom is 0.251 e. The van der Waals surface area contributed by atoms with Gasteiger partial charge in [-0.15, -0.1) is 0 Å². The summed E-state index contributed by atoms with van der Waals surface area (Å²) in [5.41, 5.74) is 1.85. The lowest BCUT2D eigenvalue weighted by molar-refractivity contribution is -0.133. The number of carbonyl (C=O) groups excluding carboxylic acids is 2. The Kier molecular flexibility index (Phi) is 7.46. The van der Waals surface area contributed by atoms with Crippen LogP contribution in [0.25, 0.3) is 0 Å². The second-order valence-electron chi connectivity index (χ2n) is 10.5. The molecule has 0 spiro atoms. The Hall–Kier alpha value is -1.64. The van der Waals surface area contributed by atoms with Gasteiger partial charge in [-0.2, -0.15) is 0 Å². The van der Waals surface area contributed by atoms with Crippen LogP contribution < -0.4 is 20.9 Å². The van der Waals surface area contributed by atoms with Crippen LogP contribution in [0.3, 0.4) is 0 Å². The summed E-state index contributed by atoms with van der Waals surface area (Å²) in [6.07, 6.45) is 5.79. The molecule has 5 unspecified atom stereocenters. The number of hydrogen-bond acceptors (Lipinski definition) is 5. The van der Waals surface area contributed by atoms with Crippen LogP contribution in [0.5, 0.6) is 0 Å². The van der Waals surface area contributed by atoms with Crippen LogP contribution in [-0.4, -0.2) is 74.6 Å². The second kappa shape index (κ2) is 10.5. The van der Waals surface area contributed by atoms with Crippen LogP contribution in [-0.2, 0) is 4.79 Å². The van der Waals surface area contributed by atoms with Gasteiger partial charge in [0.05, 0.1) is 11.6 Å². The first-order valence-electron chi connectivity index (χ1n) is 13.1. The Morgan fingerprint density at radius 2 is 2.00 bits per heavy atom. The Labute approximate surface area is 211 Å². The summed E-state index contributed by atoms with van der Waals surface area (Å²) >= 11 is 3.68. The van der Waals surface area contributed by atoms with Crippen molar-refractivity contribution in [1.29, 1.82) is 0 Å². The van der Waals surface area contributed by atoms with Crippen LogP contribution in [0.2, 0.25) is 0 Å². The predicted octanol–water partition coefficient (Wildman–Crippen LogP) is 2.60. The third-order valence-electron chi connectivity index (χ3n) is 8.42. The molecule has 0 radical (unpaired) electrons. The molecule has 8 heteroatoms. The number of benzene rings is 1. The fourth-order valence-electron chi connectivity index (χ4n) is 6.69. The van der Waals surface area contributed by atoms with Crippen LogP contribution in [0, 0.1) is 17.8 Å². The maximum atomic E-state index is 12.7. The van der Waals surface area contributed by atoms with Gasteiger partial charge < -0.3 is 20.9 Å². The summed E-state index contributed by atoms with van der Waals surface area (Å²) in [6, 6.07) is 6.65. The van der Waals surface area contributed by atoms with Gasteiger partial charge in [-0.25, -0.2) is 0 Å². The molecule has 3 saturated heterocycles. The van der Waals surface area contributed by atoms with Crippen LogP contribution >= 0.6 is 15.9 Å². The fraction of sp³-hybridized carbons (Fsp3) is 0.692. The van der Waals surface area contributed by atoms with E-state index in [2.05, 4.69) is 47.7 Å². The average Bonchev–Trinajstić information content (AvgIpc) is 2.85. The first-order valence-corrected chi connectivity index (χ1v) is 13.9. The van der Waals surface area contributed by atoms with Crippen molar-refractivity contribution < 1.29 is 9.59 Å². The van der Waals surface area contributed by atoms with E-state index in [9.17, 15) is 9.59 Å². The highest BCUT2D eigenvalue weighted by molar-refractivity contribution is 9.10. The van der Waals surface area contributed by atoms with E-state index >= 15 is 0 Å². The molecule has 1 aromatic carbocycles. The largest absolute Gasteiger partial charge is 0.368 e. The lowest BCUT2D eigenvalue weighted by Gasteiger charge is -2.50. The number of fused-ring (bicyclic) bond motifs is 3.